The van der Waals surface area contributed by atoms with Crippen molar-refractivity contribution >= 4 is 35.0 Å². The molecule has 1 aromatic carbocycles. The minimum absolute atomic E-state index is 0.290. The quantitative estimate of drug-likeness (QED) is 0.498. The fourth-order valence-electron chi connectivity index (χ4n) is 3.71. The number of nitrogens with one attached hydrogen (secondary N) is 1. The molecule has 1 aliphatic heterocycles. The number of benzene rings is 1. The predicted molar refractivity (Wildman–Crippen MR) is 98.8 cm³/mol. The monoisotopic (exact) mass is 409 g/mol. The molecule has 1 spiro atoms. The Morgan fingerprint density at radius 3 is 2.64 bits per heavy atom. The van der Waals surface area contributed by atoms with Crippen molar-refractivity contribution in [1.29, 1.82) is 0 Å². The largest absolute Gasteiger partial charge is 0.506 e. The van der Waals surface area contributed by atoms with Crippen molar-refractivity contribution in [3.8, 4) is 0 Å². The first-order chi connectivity index (χ1) is 13.4. The Balaban J connectivity index is 2.09. The number of ether oxygens (including phenoxy) is 2. The molecular formula is C19H20ClNO7. The molecule has 0 radical (unpaired) electrons. The van der Waals surface area contributed by atoms with Crippen molar-refractivity contribution in [2.45, 2.75) is 24.3 Å². The summed E-state index contributed by atoms with van der Waals surface area (Å²) in [7, 11) is 1.11. The Bertz CT molecular complexity index is 858. The number of amides is 1. The Labute approximate surface area is 166 Å². The molecule has 9 heteroatoms. The molecule has 1 heterocycles. The highest BCUT2D eigenvalue weighted by Gasteiger charge is 2.50. The molecule has 0 aromatic heterocycles. The molecule has 8 nitrogen and oxygen atoms in total. The molecule has 3 N–H and O–H groups in total. The molecule has 1 atom stereocenters. The van der Waals surface area contributed by atoms with Crippen molar-refractivity contribution in [1.82, 2.24) is 5.32 Å². The number of fused-ring (bicyclic) bond motifs is 2. The molecule has 0 bridgehead atoms. The topological polar surface area (TPSA) is 122 Å². The molecule has 2 aliphatic rings. The highest BCUT2D eigenvalue weighted by Crippen LogP contribution is 2.46. The summed E-state index contributed by atoms with van der Waals surface area (Å²) in [5.41, 5.74) is -0.625. The predicted octanol–water partition coefficient (Wildman–Crippen LogP) is 0.890. The second-order valence-electron chi connectivity index (χ2n) is 6.67. The number of rotatable bonds is 4. The number of aliphatic hydroxyl groups is 2. The molecule has 0 unspecified atom stereocenters. The van der Waals surface area contributed by atoms with Crippen LogP contribution in [0, 0.1) is 0 Å². The van der Waals surface area contributed by atoms with E-state index in [2.05, 4.69) is 10.1 Å². The summed E-state index contributed by atoms with van der Waals surface area (Å²) in [6.07, 6.45) is 0.676. The third-order valence-corrected chi connectivity index (χ3v) is 5.43. The van der Waals surface area contributed by atoms with E-state index in [9.17, 15) is 24.6 Å². The average Bonchev–Trinajstić information content (AvgIpc) is 2.70. The van der Waals surface area contributed by atoms with Gasteiger partial charge in [0.25, 0.3) is 5.91 Å². The van der Waals surface area contributed by atoms with Crippen LogP contribution in [0.5, 0.6) is 0 Å². The molecule has 1 aliphatic carbocycles. The molecule has 1 saturated heterocycles. The lowest BCUT2D eigenvalue weighted by molar-refractivity contribution is -0.146. The Morgan fingerprint density at radius 1 is 1.36 bits per heavy atom. The standard InChI is InChI=1S/C19H20ClNO7/c1-27-18(26)13(9-22)21-17(25)14-15(23)11-8-10(20)2-3-12(11)19(16(14)24)4-6-28-7-5-19/h2-3,8,13,22-23H,4-7,9H2,1H3,(H,21,25)/t13-/m0/s1. The number of aliphatic hydroxyl groups excluding tert-OH is 2. The van der Waals surface area contributed by atoms with Crippen LogP contribution in [0.1, 0.15) is 24.0 Å². The Morgan fingerprint density at radius 2 is 2.04 bits per heavy atom. The van der Waals surface area contributed by atoms with E-state index in [0.29, 0.717) is 36.6 Å². The van der Waals surface area contributed by atoms with Crippen LogP contribution < -0.4 is 5.32 Å². The number of carbonyl (C=O) groups excluding carboxylic acids is 3. The summed E-state index contributed by atoms with van der Waals surface area (Å²) in [4.78, 5) is 37.8. The summed E-state index contributed by atoms with van der Waals surface area (Å²) in [5, 5.41) is 22.6. The fourth-order valence-corrected chi connectivity index (χ4v) is 3.88. The van der Waals surface area contributed by atoms with Gasteiger partial charge < -0.3 is 25.0 Å². The highest BCUT2D eigenvalue weighted by molar-refractivity contribution is 6.32. The summed E-state index contributed by atoms with van der Waals surface area (Å²) >= 11 is 6.06. The first-order valence-electron chi connectivity index (χ1n) is 8.71. The first-order valence-corrected chi connectivity index (χ1v) is 9.09. The van der Waals surface area contributed by atoms with Crippen LogP contribution in [-0.2, 0) is 29.3 Å². The number of carbonyl (C=O) groups is 3. The smallest absolute Gasteiger partial charge is 0.330 e. The van der Waals surface area contributed by atoms with E-state index >= 15 is 0 Å². The van der Waals surface area contributed by atoms with Gasteiger partial charge in [-0.15, -0.1) is 0 Å². The van der Waals surface area contributed by atoms with Crippen LogP contribution in [-0.4, -0.2) is 60.8 Å². The van der Waals surface area contributed by atoms with E-state index in [1.165, 1.54) is 6.07 Å². The van der Waals surface area contributed by atoms with Gasteiger partial charge in [0.1, 0.15) is 11.3 Å². The normalized spacial score (nSPS) is 19.2. The number of ketones is 1. The minimum atomic E-state index is -1.36. The van der Waals surface area contributed by atoms with Crippen molar-refractivity contribution in [2.75, 3.05) is 26.9 Å². The number of Topliss-reactive ketones (excluding diaryl/α,β-unsaturated/α-hetero) is 1. The van der Waals surface area contributed by atoms with Crippen LogP contribution in [0.3, 0.4) is 0 Å². The van der Waals surface area contributed by atoms with E-state index in [4.69, 9.17) is 16.3 Å². The average molecular weight is 410 g/mol. The number of halogens is 1. The van der Waals surface area contributed by atoms with Gasteiger partial charge in [0.15, 0.2) is 11.8 Å². The Hall–Kier alpha value is -2.42. The SMILES string of the molecule is COC(=O)[C@H](CO)NC(=O)C1=C(O)c2cc(Cl)ccc2C2(CCOCC2)C1=O. The fraction of sp³-hybridized carbons (Fsp3) is 0.421. The van der Waals surface area contributed by atoms with Gasteiger partial charge in [0.2, 0.25) is 0 Å². The zero-order valence-electron chi connectivity index (χ0n) is 15.2. The molecule has 1 fully saturated rings. The van der Waals surface area contributed by atoms with Crippen molar-refractivity contribution < 1.29 is 34.1 Å². The van der Waals surface area contributed by atoms with E-state index in [1.54, 1.807) is 12.1 Å². The van der Waals surface area contributed by atoms with E-state index in [-0.39, 0.29) is 5.56 Å². The molecule has 150 valence electrons. The first kappa shape index (κ1) is 20.3. The lowest BCUT2D eigenvalue weighted by Crippen LogP contribution is -2.51. The van der Waals surface area contributed by atoms with E-state index < -0.39 is 47.1 Å². The summed E-state index contributed by atoms with van der Waals surface area (Å²) in [6.45, 7) is -0.0716. The minimum Gasteiger partial charge on any atom is -0.506 e. The van der Waals surface area contributed by atoms with Gasteiger partial charge in [-0.2, -0.15) is 0 Å². The zero-order valence-corrected chi connectivity index (χ0v) is 15.9. The van der Waals surface area contributed by atoms with Crippen LogP contribution >= 0.6 is 11.6 Å². The highest BCUT2D eigenvalue weighted by atomic mass is 35.5. The summed E-state index contributed by atoms with van der Waals surface area (Å²) in [6, 6.07) is 3.43. The maximum Gasteiger partial charge on any atom is 0.330 e. The molecular weight excluding hydrogens is 390 g/mol. The Kier molecular flexibility index (Phi) is 5.74. The summed E-state index contributed by atoms with van der Waals surface area (Å²) in [5.74, 6) is -2.91. The van der Waals surface area contributed by atoms with E-state index in [1.807, 2.05) is 0 Å². The lowest BCUT2D eigenvalue weighted by atomic mass is 9.64. The van der Waals surface area contributed by atoms with Crippen LogP contribution in [0.15, 0.2) is 23.8 Å². The molecule has 3 rings (SSSR count). The number of methoxy groups -OCH3 is 1. The molecule has 1 amide bonds. The summed E-state index contributed by atoms with van der Waals surface area (Å²) < 4.78 is 9.90. The van der Waals surface area contributed by atoms with Gasteiger partial charge in [0.05, 0.1) is 19.1 Å². The van der Waals surface area contributed by atoms with Gasteiger partial charge in [-0.05, 0) is 30.5 Å². The maximum atomic E-state index is 13.4. The van der Waals surface area contributed by atoms with Gasteiger partial charge in [-0.3, -0.25) is 9.59 Å². The van der Waals surface area contributed by atoms with Gasteiger partial charge in [-0.1, -0.05) is 17.7 Å². The van der Waals surface area contributed by atoms with Crippen molar-refractivity contribution in [3.63, 3.8) is 0 Å². The molecule has 1 aromatic rings. The van der Waals surface area contributed by atoms with Crippen LogP contribution in [0.2, 0.25) is 5.02 Å². The van der Waals surface area contributed by atoms with Gasteiger partial charge in [-0.25, -0.2) is 4.79 Å². The van der Waals surface area contributed by atoms with Crippen LogP contribution in [0.4, 0.5) is 0 Å². The number of hydrogen-bond donors (Lipinski definition) is 3. The number of esters is 1. The van der Waals surface area contributed by atoms with Gasteiger partial charge >= 0.3 is 5.97 Å². The van der Waals surface area contributed by atoms with Gasteiger partial charge in [0, 0.05) is 23.8 Å². The second-order valence-corrected chi connectivity index (χ2v) is 7.11. The van der Waals surface area contributed by atoms with Crippen LogP contribution in [0.25, 0.3) is 5.76 Å². The second kappa shape index (κ2) is 7.90. The van der Waals surface area contributed by atoms with E-state index in [0.717, 1.165) is 7.11 Å². The molecule has 0 saturated carbocycles. The third-order valence-electron chi connectivity index (χ3n) is 5.20. The third kappa shape index (κ3) is 3.28. The van der Waals surface area contributed by atoms with Crippen molar-refractivity contribution in [2.24, 2.45) is 0 Å². The lowest BCUT2D eigenvalue weighted by Gasteiger charge is -2.40. The maximum absolute atomic E-state index is 13.4. The molecule has 28 heavy (non-hydrogen) atoms. The van der Waals surface area contributed by atoms with Crippen molar-refractivity contribution in [3.05, 3.63) is 39.9 Å². The zero-order chi connectivity index (χ0) is 20.5. The number of hydrogen-bond acceptors (Lipinski definition) is 7.